The third kappa shape index (κ3) is 3.55. The number of hydrogen-bond donors (Lipinski definition) is 0. The molecule has 0 amide bonds. The Morgan fingerprint density at radius 1 is 1.42 bits per heavy atom. The first-order chi connectivity index (χ1) is 9.22. The van der Waals surface area contributed by atoms with Crippen molar-refractivity contribution in [2.75, 3.05) is 26.9 Å². The molecule has 104 valence electrons. The van der Waals surface area contributed by atoms with Crippen molar-refractivity contribution in [2.24, 2.45) is 0 Å². The normalized spacial score (nSPS) is 20.8. The van der Waals surface area contributed by atoms with Gasteiger partial charge >= 0.3 is 5.97 Å². The Kier molecular flexibility index (Phi) is 4.93. The summed E-state index contributed by atoms with van der Waals surface area (Å²) in [5.74, 6) is -0.269. The van der Waals surface area contributed by atoms with Crippen LogP contribution in [0.2, 0.25) is 0 Å². The van der Waals surface area contributed by atoms with Crippen LogP contribution in [0.15, 0.2) is 24.3 Å². The van der Waals surface area contributed by atoms with Crippen molar-refractivity contribution in [3.05, 3.63) is 35.4 Å². The number of ether oxygens (including phenoxy) is 2. The van der Waals surface area contributed by atoms with E-state index < -0.39 is 0 Å². The van der Waals surface area contributed by atoms with Gasteiger partial charge in [-0.15, -0.1) is 0 Å². The van der Waals surface area contributed by atoms with Crippen LogP contribution in [0.3, 0.4) is 0 Å². The Balaban J connectivity index is 2.15. The Morgan fingerprint density at radius 3 is 3.00 bits per heavy atom. The molecule has 0 aliphatic carbocycles. The van der Waals surface area contributed by atoms with Gasteiger partial charge in [0.2, 0.25) is 0 Å². The van der Waals surface area contributed by atoms with Gasteiger partial charge in [0.05, 0.1) is 19.3 Å². The number of hydrogen-bond acceptors (Lipinski definition) is 4. The van der Waals surface area contributed by atoms with E-state index >= 15 is 0 Å². The van der Waals surface area contributed by atoms with Crippen LogP contribution in [0.25, 0.3) is 0 Å². The number of carbonyl (C=O) groups excluding carboxylic acids is 1. The highest BCUT2D eigenvalue weighted by molar-refractivity contribution is 5.90. The highest BCUT2D eigenvalue weighted by Gasteiger charge is 2.20. The van der Waals surface area contributed by atoms with E-state index in [2.05, 4.69) is 11.8 Å². The maximum atomic E-state index is 11.8. The second-order valence-electron chi connectivity index (χ2n) is 4.87. The fraction of sp³-hybridized carbons (Fsp3) is 0.533. The Labute approximate surface area is 114 Å². The molecular formula is C15H21NO3. The number of nitrogens with zero attached hydrogens (tertiary/aromatic N) is 1. The van der Waals surface area contributed by atoms with Crippen molar-refractivity contribution < 1.29 is 14.3 Å². The summed E-state index contributed by atoms with van der Waals surface area (Å²) in [6.07, 6.45) is 1.03. The fourth-order valence-corrected chi connectivity index (χ4v) is 2.36. The molecule has 4 nitrogen and oxygen atoms in total. The summed E-state index contributed by atoms with van der Waals surface area (Å²) >= 11 is 0. The lowest BCUT2D eigenvalue weighted by molar-refractivity contribution is 0.0597. The molecule has 4 heteroatoms. The molecule has 0 unspecified atom stereocenters. The van der Waals surface area contributed by atoms with Crippen molar-refractivity contribution in [1.82, 2.24) is 4.90 Å². The molecule has 0 radical (unpaired) electrons. The predicted octanol–water partition coefficient (Wildman–Crippen LogP) is 2.08. The van der Waals surface area contributed by atoms with Gasteiger partial charge in [0.25, 0.3) is 0 Å². The molecule has 19 heavy (non-hydrogen) atoms. The Morgan fingerprint density at radius 2 is 2.21 bits per heavy atom. The smallest absolute Gasteiger partial charge is 0.338 e. The van der Waals surface area contributed by atoms with Crippen molar-refractivity contribution in [2.45, 2.75) is 25.9 Å². The standard InChI is InChI=1S/C15H21NO3/c1-12-7-9-19-10-8-16(12)11-13-5-3-4-6-14(13)15(17)18-2/h3-6,12H,7-11H2,1-2H3/t12-/m0/s1. The van der Waals surface area contributed by atoms with E-state index in [1.807, 2.05) is 24.3 Å². The zero-order chi connectivity index (χ0) is 13.7. The van der Waals surface area contributed by atoms with E-state index in [0.29, 0.717) is 11.6 Å². The van der Waals surface area contributed by atoms with E-state index in [1.54, 1.807) is 0 Å². The zero-order valence-corrected chi connectivity index (χ0v) is 11.6. The van der Waals surface area contributed by atoms with Gasteiger partial charge in [0.1, 0.15) is 0 Å². The molecule has 1 heterocycles. The largest absolute Gasteiger partial charge is 0.465 e. The Hall–Kier alpha value is -1.39. The van der Waals surface area contributed by atoms with Crippen molar-refractivity contribution in [3.63, 3.8) is 0 Å². The topological polar surface area (TPSA) is 38.8 Å². The SMILES string of the molecule is COC(=O)c1ccccc1CN1CCOCC[C@@H]1C. The van der Waals surface area contributed by atoms with Gasteiger partial charge in [0.15, 0.2) is 0 Å². The molecule has 1 aliphatic heterocycles. The van der Waals surface area contributed by atoms with E-state index in [0.717, 1.165) is 38.3 Å². The van der Waals surface area contributed by atoms with Crippen LogP contribution in [0.5, 0.6) is 0 Å². The van der Waals surface area contributed by atoms with Gasteiger partial charge in [0, 0.05) is 25.7 Å². The highest BCUT2D eigenvalue weighted by atomic mass is 16.5. The quantitative estimate of drug-likeness (QED) is 0.783. The second-order valence-corrected chi connectivity index (χ2v) is 4.87. The maximum Gasteiger partial charge on any atom is 0.338 e. The molecule has 0 spiro atoms. The van der Waals surface area contributed by atoms with Crippen molar-refractivity contribution in [3.8, 4) is 0 Å². The summed E-state index contributed by atoms with van der Waals surface area (Å²) in [4.78, 5) is 14.1. The van der Waals surface area contributed by atoms with E-state index in [4.69, 9.17) is 9.47 Å². The molecule has 1 aromatic carbocycles. The second kappa shape index (κ2) is 6.68. The summed E-state index contributed by atoms with van der Waals surface area (Å²) in [5, 5.41) is 0. The van der Waals surface area contributed by atoms with Crippen LogP contribution >= 0.6 is 0 Å². The minimum absolute atomic E-state index is 0.269. The molecule has 0 bridgehead atoms. The van der Waals surface area contributed by atoms with Crippen LogP contribution in [-0.2, 0) is 16.0 Å². The lowest BCUT2D eigenvalue weighted by Crippen LogP contribution is -2.33. The van der Waals surface area contributed by atoms with E-state index in [1.165, 1.54) is 7.11 Å². The molecule has 1 atom stereocenters. The third-order valence-electron chi connectivity index (χ3n) is 3.62. The summed E-state index contributed by atoms with van der Waals surface area (Å²) in [6.45, 7) is 5.43. The van der Waals surface area contributed by atoms with Crippen molar-refractivity contribution in [1.29, 1.82) is 0 Å². The van der Waals surface area contributed by atoms with Gasteiger partial charge in [-0.2, -0.15) is 0 Å². The van der Waals surface area contributed by atoms with Crippen LogP contribution in [-0.4, -0.2) is 43.8 Å². The molecule has 1 fully saturated rings. The highest BCUT2D eigenvalue weighted by Crippen LogP contribution is 2.17. The summed E-state index contributed by atoms with van der Waals surface area (Å²) in [7, 11) is 1.42. The van der Waals surface area contributed by atoms with E-state index in [-0.39, 0.29) is 5.97 Å². The van der Waals surface area contributed by atoms with Gasteiger partial charge in [-0.25, -0.2) is 4.79 Å². The first-order valence-electron chi connectivity index (χ1n) is 6.70. The predicted molar refractivity (Wildman–Crippen MR) is 73.1 cm³/mol. The molecule has 0 aromatic heterocycles. The van der Waals surface area contributed by atoms with E-state index in [9.17, 15) is 4.79 Å². The lowest BCUT2D eigenvalue weighted by Gasteiger charge is -2.26. The molecule has 1 aromatic rings. The monoisotopic (exact) mass is 263 g/mol. The van der Waals surface area contributed by atoms with Crippen LogP contribution in [0.4, 0.5) is 0 Å². The molecule has 1 aliphatic rings. The molecular weight excluding hydrogens is 242 g/mol. The molecule has 1 saturated heterocycles. The number of rotatable bonds is 3. The summed E-state index contributed by atoms with van der Waals surface area (Å²) < 4.78 is 10.3. The number of methoxy groups -OCH3 is 1. The third-order valence-corrected chi connectivity index (χ3v) is 3.62. The zero-order valence-electron chi connectivity index (χ0n) is 11.6. The maximum absolute atomic E-state index is 11.8. The van der Waals surface area contributed by atoms with Crippen LogP contribution in [0.1, 0.15) is 29.3 Å². The van der Waals surface area contributed by atoms with Gasteiger partial charge < -0.3 is 9.47 Å². The summed E-state index contributed by atoms with van der Waals surface area (Å²) in [5.41, 5.74) is 1.67. The minimum atomic E-state index is -0.269. The van der Waals surface area contributed by atoms with Crippen LogP contribution < -0.4 is 0 Å². The number of benzene rings is 1. The average Bonchev–Trinajstić information content (AvgIpc) is 2.64. The molecule has 2 rings (SSSR count). The Bertz CT molecular complexity index is 433. The first kappa shape index (κ1) is 14.0. The van der Waals surface area contributed by atoms with Crippen molar-refractivity contribution >= 4 is 5.97 Å². The first-order valence-corrected chi connectivity index (χ1v) is 6.70. The fourth-order valence-electron chi connectivity index (χ4n) is 2.36. The number of carbonyl (C=O) groups is 1. The van der Waals surface area contributed by atoms with Gasteiger partial charge in [-0.3, -0.25) is 4.90 Å². The molecule has 0 N–H and O–H groups in total. The molecule has 0 saturated carbocycles. The van der Waals surface area contributed by atoms with Gasteiger partial charge in [-0.05, 0) is 25.0 Å². The lowest BCUT2D eigenvalue weighted by atomic mass is 10.1. The summed E-state index contributed by atoms with van der Waals surface area (Å²) in [6, 6.07) is 8.10. The van der Waals surface area contributed by atoms with Crippen LogP contribution in [0, 0.1) is 0 Å². The number of esters is 1. The van der Waals surface area contributed by atoms with Gasteiger partial charge in [-0.1, -0.05) is 18.2 Å². The minimum Gasteiger partial charge on any atom is -0.465 e. The average molecular weight is 263 g/mol.